The van der Waals surface area contributed by atoms with Crippen LogP contribution in [0.5, 0.6) is 0 Å². The highest BCUT2D eigenvalue weighted by Crippen LogP contribution is 2.29. The fourth-order valence-electron chi connectivity index (χ4n) is 2.82. The smallest absolute Gasteiger partial charge is 0.0232 e. The zero-order valence-electron chi connectivity index (χ0n) is 23.0. The van der Waals surface area contributed by atoms with Gasteiger partial charge in [-0.1, -0.05) is 131 Å². The number of rotatable bonds is 6. The molecular weight excluding hydrogens is 360 g/mol. The Morgan fingerprint density at radius 1 is 1.03 bits per heavy atom. The summed E-state index contributed by atoms with van der Waals surface area (Å²) in [7, 11) is 0. The fraction of sp³-hybridized carbons (Fsp3) is 0.800. The van der Waals surface area contributed by atoms with Crippen LogP contribution in [0.2, 0.25) is 0 Å². The van der Waals surface area contributed by atoms with Gasteiger partial charge in [0.25, 0.3) is 0 Å². The van der Waals surface area contributed by atoms with Crippen molar-refractivity contribution in [3.63, 3.8) is 0 Å². The monoisotopic (exact) mass is 425 g/mol. The van der Waals surface area contributed by atoms with Crippen molar-refractivity contribution in [3.8, 4) is 0 Å². The quantitative estimate of drug-likeness (QED) is 0.293. The summed E-state index contributed by atoms with van der Waals surface area (Å²) in [4.78, 5) is 0. The average molecular weight is 425 g/mol. The molecule has 0 nitrogen and oxygen atoms in total. The van der Waals surface area contributed by atoms with E-state index >= 15 is 0 Å². The molecule has 0 saturated carbocycles. The lowest BCUT2D eigenvalue weighted by Gasteiger charge is -2.22. The first-order valence-corrected chi connectivity index (χ1v) is 12.9. The molecule has 184 valence electrons. The number of allylic oxidation sites excluding steroid dienone is 6. The molecule has 1 aliphatic carbocycles. The summed E-state index contributed by atoms with van der Waals surface area (Å²) in [6.45, 7) is 27.8. The average Bonchev–Trinajstić information content (AvgIpc) is 2.76. The predicted molar refractivity (Wildman–Crippen MR) is 149 cm³/mol. The number of hydrogen-bond acceptors (Lipinski definition) is 0. The van der Waals surface area contributed by atoms with Crippen molar-refractivity contribution in [1.82, 2.24) is 0 Å². The van der Waals surface area contributed by atoms with E-state index in [1.54, 1.807) is 5.57 Å². The Bertz CT molecular complexity index is 381. The van der Waals surface area contributed by atoms with Crippen LogP contribution in [-0.4, -0.2) is 0 Å². The molecule has 0 aliphatic heterocycles. The molecule has 0 aromatic carbocycles. The highest BCUT2D eigenvalue weighted by Gasteiger charge is 2.14. The zero-order chi connectivity index (χ0) is 23.7. The van der Waals surface area contributed by atoms with Crippen LogP contribution in [0.25, 0.3) is 0 Å². The van der Waals surface area contributed by atoms with Crippen molar-refractivity contribution in [1.29, 1.82) is 0 Å². The number of unbranched alkanes of at least 4 members (excludes halogenated alkanes) is 1. The van der Waals surface area contributed by atoms with E-state index in [0.717, 1.165) is 18.3 Å². The molecule has 0 radical (unpaired) electrons. The van der Waals surface area contributed by atoms with Gasteiger partial charge in [-0.2, -0.15) is 0 Å². The van der Waals surface area contributed by atoms with Crippen molar-refractivity contribution < 1.29 is 0 Å². The molecule has 1 rings (SSSR count). The maximum Gasteiger partial charge on any atom is -0.0232 e. The minimum absolute atomic E-state index is 0. The summed E-state index contributed by atoms with van der Waals surface area (Å²) in [6.07, 6.45) is 17.5. The van der Waals surface area contributed by atoms with Gasteiger partial charge >= 0.3 is 0 Å². The fourth-order valence-corrected chi connectivity index (χ4v) is 2.82. The molecule has 0 bridgehead atoms. The van der Waals surface area contributed by atoms with Gasteiger partial charge < -0.3 is 0 Å². The highest BCUT2D eigenvalue weighted by atomic mass is 14.2. The van der Waals surface area contributed by atoms with E-state index in [-0.39, 0.29) is 7.43 Å². The van der Waals surface area contributed by atoms with Crippen LogP contribution < -0.4 is 0 Å². The van der Waals surface area contributed by atoms with Crippen LogP contribution in [0, 0.1) is 11.8 Å². The Morgan fingerprint density at radius 2 is 1.53 bits per heavy atom. The van der Waals surface area contributed by atoms with Crippen LogP contribution >= 0.6 is 0 Å². The summed E-state index contributed by atoms with van der Waals surface area (Å²) >= 11 is 0. The van der Waals surface area contributed by atoms with E-state index in [0.29, 0.717) is 0 Å². The van der Waals surface area contributed by atoms with E-state index < -0.39 is 0 Å². The van der Waals surface area contributed by atoms with Gasteiger partial charge in [0.15, 0.2) is 0 Å². The molecule has 0 aromatic rings. The second-order valence-electron chi connectivity index (χ2n) is 7.68. The molecule has 30 heavy (non-hydrogen) atoms. The van der Waals surface area contributed by atoms with Gasteiger partial charge in [0, 0.05) is 0 Å². The minimum atomic E-state index is 0. The van der Waals surface area contributed by atoms with Gasteiger partial charge in [0.2, 0.25) is 0 Å². The lowest BCUT2D eigenvalue weighted by Crippen LogP contribution is -2.07. The van der Waals surface area contributed by atoms with E-state index in [1.165, 1.54) is 56.1 Å². The Balaban J connectivity index is -0.000000108. The van der Waals surface area contributed by atoms with Crippen molar-refractivity contribution in [3.05, 3.63) is 34.9 Å². The SMILES string of the molecule is C.C/C=C(/C)C(C)=CCC.CC.CC.CCC.CCCCC(C)C1=CCC(C)CC1. The van der Waals surface area contributed by atoms with E-state index in [1.807, 2.05) is 27.7 Å². The van der Waals surface area contributed by atoms with Gasteiger partial charge in [-0.25, -0.2) is 0 Å². The largest absolute Gasteiger partial charge is 0.0848 e. The Kier molecular flexibility index (Phi) is 43.5. The second kappa shape index (κ2) is 32.9. The standard InChI is InChI=1S/C13H24.C9H16.C3H8.2C2H6.CH4/c1-4-5-6-12(3)13-9-7-11(2)8-10-13;1-5-7-9(4)8(3)6-2;1-3-2;2*1-2;/h9,11-12H,4-8,10H2,1-3H3;6-7H,5H2,1-4H3;3H2,1-2H3;2*1-2H3;1H4/b;8-6-,9-7?;;;;. The molecule has 0 aromatic heterocycles. The van der Waals surface area contributed by atoms with Gasteiger partial charge in [-0.05, 0) is 64.7 Å². The lowest BCUT2D eigenvalue weighted by molar-refractivity contribution is 0.465. The van der Waals surface area contributed by atoms with Crippen molar-refractivity contribution in [2.24, 2.45) is 11.8 Å². The van der Waals surface area contributed by atoms with Crippen molar-refractivity contribution in [2.75, 3.05) is 0 Å². The van der Waals surface area contributed by atoms with Gasteiger partial charge in [-0.15, -0.1) is 0 Å². The summed E-state index contributed by atoms with van der Waals surface area (Å²) in [5.41, 5.74) is 4.53. The molecule has 0 N–H and O–H groups in total. The van der Waals surface area contributed by atoms with Gasteiger partial charge in [0.1, 0.15) is 0 Å². The summed E-state index contributed by atoms with van der Waals surface area (Å²) < 4.78 is 0. The first-order valence-electron chi connectivity index (χ1n) is 12.9. The van der Waals surface area contributed by atoms with Crippen LogP contribution in [0.15, 0.2) is 34.9 Å². The third-order valence-corrected chi connectivity index (χ3v) is 4.90. The molecule has 0 spiro atoms. The molecular formula is C30H64. The normalized spacial score (nSPS) is 16.3. The third-order valence-electron chi connectivity index (χ3n) is 4.90. The minimum Gasteiger partial charge on any atom is -0.0848 e. The van der Waals surface area contributed by atoms with Crippen molar-refractivity contribution in [2.45, 2.75) is 149 Å². The van der Waals surface area contributed by atoms with E-state index in [9.17, 15) is 0 Å². The molecule has 2 unspecified atom stereocenters. The maximum atomic E-state index is 2.51. The molecule has 0 amide bonds. The Morgan fingerprint density at radius 3 is 1.87 bits per heavy atom. The van der Waals surface area contributed by atoms with Crippen LogP contribution in [0.1, 0.15) is 149 Å². The lowest BCUT2D eigenvalue weighted by atomic mass is 9.83. The molecule has 0 heterocycles. The van der Waals surface area contributed by atoms with Crippen LogP contribution in [0.4, 0.5) is 0 Å². The predicted octanol–water partition coefficient (Wildman–Crippen LogP) is 12.0. The molecule has 0 heteroatoms. The molecule has 2 atom stereocenters. The summed E-state index contributed by atoms with van der Waals surface area (Å²) in [6, 6.07) is 0. The number of hydrogen-bond donors (Lipinski definition) is 0. The molecule has 1 aliphatic rings. The van der Waals surface area contributed by atoms with Gasteiger partial charge in [0.05, 0.1) is 0 Å². The van der Waals surface area contributed by atoms with E-state index in [4.69, 9.17) is 0 Å². The second-order valence-corrected chi connectivity index (χ2v) is 7.68. The highest BCUT2D eigenvalue weighted by molar-refractivity contribution is 5.25. The maximum absolute atomic E-state index is 2.51. The first-order chi connectivity index (χ1) is 13.9. The van der Waals surface area contributed by atoms with Crippen LogP contribution in [0.3, 0.4) is 0 Å². The summed E-state index contributed by atoms with van der Waals surface area (Å²) in [5, 5.41) is 0. The Hall–Kier alpha value is -0.780. The third kappa shape index (κ3) is 27.2. The van der Waals surface area contributed by atoms with E-state index in [2.05, 4.69) is 80.5 Å². The van der Waals surface area contributed by atoms with Gasteiger partial charge in [-0.3, -0.25) is 0 Å². The summed E-state index contributed by atoms with van der Waals surface area (Å²) in [5.74, 6) is 1.79. The Labute approximate surface area is 195 Å². The first kappa shape index (κ1) is 39.7. The van der Waals surface area contributed by atoms with Crippen LogP contribution in [-0.2, 0) is 0 Å². The molecule has 0 saturated heterocycles. The topological polar surface area (TPSA) is 0 Å². The zero-order valence-corrected chi connectivity index (χ0v) is 23.0. The molecule has 0 fully saturated rings. The van der Waals surface area contributed by atoms with Crippen molar-refractivity contribution >= 4 is 0 Å².